The molecule has 0 aliphatic heterocycles. The average molecular weight is 345 g/mol. The van der Waals surface area contributed by atoms with E-state index in [2.05, 4.69) is 26.6 Å². The SMILES string of the molecule is Cc1ccccc1CNC(=O)N/C=C/c1ccc(Br)cc1. The molecule has 0 heterocycles. The molecule has 0 spiro atoms. The Morgan fingerprint density at radius 2 is 1.86 bits per heavy atom. The Labute approximate surface area is 133 Å². The van der Waals surface area contributed by atoms with Gasteiger partial charge in [-0.05, 0) is 41.8 Å². The molecule has 4 heteroatoms. The van der Waals surface area contributed by atoms with Gasteiger partial charge in [-0.3, -0.25) is 0 Å². The van der Waals surface area contributed by atoms with Gasteiger partial charge in [0.25, 0.3) is 0 Å². The molecule has 2 amide bonds. The Morgan fingerprint density at radius 1 is 1.14 bits per heavy atom. The standard InChI is InChI=1S/C17H17BrN2O/c1-13-4-2-3-5-15(13)12-20-17(21)19-11-10-14-6-8-16(18)9-7-14/h2-11H,12H2,1H3,(H2,19,20,21)/b11-10+. The van der Waals surface area contributed by atoms with E-state index in [0.717, 1.165) is 15.6 Å². The monoisotopic (exact) mass is 344 g/mol. The van der Waals surface area contributed by atoms with E-state index in [-0.39, 0.29) is 6.03 Å². The lowest BCUT2D eigenvalue weighted by Crippen LogP contribution is -2.31. The molecule has 0 unspecified atom stereocenters. The van der Waals surface area contributed by atoms with Crippen LogP contribution in [0, 0.1) is 6.92 Å². The van der Waals surface area contributed by atoms with Crippen molar-refractivity contribution in [3.8, 4) is 0 Å². The summed E-state index contributed by atoms with van der Waals surface area (Å²) in [6, 6.07) is 15.6. The molecule has 0 fully saturated rings. The number of urea groups is 1. The van der Waals surface area contributed by atoms with Crippen molar-refractivity contribution in [2.45, 2.75) is 13.5 Å². The number of carbonyl (C=O) groups is 1. The molecule has 0 aliphatic rings. The molecule has 108 valence electrons. The van der Waals surface area contributed by atoms with Crippen LogP contribution in [-0.2, 0) is 6.54 Å². The van der Waals surface area contributed by atoms with Gasteiger partial charge in [0.15, 0.2) is 0 Å². The highest BCUT2D eigenvalue weighted by Gasteiger charge is 2.00. The van der Waals surface area contributed by atoms with Gasteiger partial charge in [-0.2, -0.15) is 0 Å². The lowest BCUT2D eigenvalue weighted by atomic mass is 10.1. The molecule has 0 atom stereocenters. The largest absolute Gasteiger partial charge is 0.334 e. The molecular weight excluding hydrogens is 328 g/mol. The highest BCUT2D eigenvalue weighted by Crippen LogP contribution is 2.11. The lowest BCUT2D eigenvalue weighted by Gasteiger charge is -2.07. The maximum absolute atomic E-state index is 11.7. The number of halogens is 1. The number of aryl methyl sites for hydroxylation is 1. The Balaban J connectivity index is 1.80. The number of hydrogen-bond donors (Lipinski definition) is 2. The predicted molar refractivity (Wildman–Crippen MR) is 89.7 cm³/mol. The minimum atomic E-state index is -0.216. The van der Waals surface area contributed by atoms with Gasteiger partial charge < -0.3 is 10.6 Å². The van der Waals surface area contributed by atoms with Crippen LogP contribution in [0.25, 0.3) is 6.08 Å². The number of hydrogen-bond acceptors (Lipinski definition) is 1. The van der Waals surface area contributed by atoms with Gasteiger partial charge in [0.05, 0.1) is 0 Å². The maximum atomic E-state index is 11.7. The molecule has 2 rings (SSSR count). The molecular formula is C17H17BrN2O. The predicted octanol–water partition coefficient (Wildman–Crippen LogP) is 4.23. The van der Waals surface area contributed by atoms with Gasteiger partial charge in [0.1, 0.15) is 0 Å². The van der Waals surface area contributed by atoms with Crippen LogP contribution in [0.3, 0.4) is 0 Å². The van der Waals surface area contributed by atoms with Crippen molar-refractivity contribution < 1.29 is 4.79 Å². The number of benzene rings is 2. The van der Waals surface area contributed by atoms with E-state index in [1.807, 2.05) is 61.5 Å². The van der Waals surface area contributed by atoms with Crippen LogP contribution in [0.1, 0.15) is 16.7 Å². The van der Waals surface area contributed by atoms with E-state index in [4.69, 9.17) is 0 Å². The fourth-order valence-corrected chi connectivity index (χ4v) is 2.09. The summed E-state index contributed by atoms with van der Waals surface area (Å²) in [6.45, 7) is 2.55. The third kappa shape index (κ3) is 5.08. The van der Waals surface area contributed by atoms with E-state index >= 15 is 0 Å². The van der Waals surface area contributed by atoms with Crippen molar-refractivity contribution in [3.63, 3.8) is 0 Å². The zero-order chi connectivity index (χ0) is 15.1. The molecule has 0 aromatic heterocycles. The molecule has 21 heavy (non-hydrogen) atoms. The number of nitrogens with one attached hydrogen (secondary N) is 2. The minimum Gasteiger partial charge on any atom is -0.334 e. The number of amides is 2. The van der Waals surface area contributed by atoms with Crippen molar-refractivity contribution >= 4 is 28.0 Å². The first-order valence-electron chi connectivity index (χ1n) is 6.66. The quantitative estimate of drug-likeness (QED) is 0.856. The summed E-state index contributed by atoms with van der Waals surface area (Å²) in [5.74, 6) is 0. The minimum absolute atomic E-state index is 0.216. The van der Waals surface area contributed by atoms with E-state index < -0.39 is 0 Å². The van der Waals surface area contributed by atoms with E-state index in [1.54, 1.807) is 6.20 Å². The zero-order valence-electron chi connectivity index (χ0n) is 11.8. The van der Waals surface area contributed by atoms with E-state index in [0.29, 0.717) is 6.54 Å². The second-order valence-corrected chi connectivity index (χ2v) is 5.55. The first kappa shape index (κ1) is 15.3. The lowest BCUT2D eigenvalue weighted by molar-refractivity contribution is 0.244. The van der Waals surface area contributed by atoms with Gasteiger partial charge in [0, 0.05) is 17.2 Å². The van der Waals surface area contributed by atoms with Gasteiger partial charge in [-0.15, -0.1) is 0 Å². The topological polar surface area (TPSA) is 41.1 Å². The van der Waals surface area contributed by atoms with E-state index in [1.165, 1.54) is 5.56 Å². The number of carbonyl (C=O) groups excluding carboxylic acids is 1. The molecule has 2 N–H and O–H groups in total. The van der Waals surface area contributed by atoms with Crippen LogP contribution >= 0.6 is 15.9 Å². The van der Waals surface area contributed by atoms with Crippen LogP contribution < -0.4 is 10.6 Å². The summed E-state index contributed by atoms with van der Waals surface area (Å²) in [7, 11) is 0. The zero-order valence-corrected chi connectivity index (χ0v) is 13.4. The molecule has 0 radical (unpaired) electrons. The summed E-state index contributed by atoms with van der Waals surface area (Å²) in [4.78, 5) is 11.7. The Morgan fingerprint density at radius 3 is 2.57 bits per heavy atom. The smallest absolute Gasteiger partial charge is 0.319 e. The summed E-state index contributed by atoms with van der Waals surface area (Å²) < 4.78 is 1.03. The third-order valence-electron chi connectivity index (χ3n) is 3.06. The highest BCUT2D eigenvalue weighted by molar-refractivity contribution is 9.10. The molecule has 0 bridgehead atoms. The van der Waals surface area contributed by atoms with E-state index in [9.17, 15) is 4.79 Å². The van der Waals surface area contributed by atoms with Gasteiger partial charge in [-0.25, -0.2) is 4.79 Å². The fourth-order valence-electron chi connectivity index (χ4n) is 1.82. The van der Waals surface area contributed by atoms with Crippen LogP contribution in [0.15, 0.2) is 59.2 Å². The Bertz CT molecular complexity index is 635. The summed E-state index contributed by atoms with van der Waals surface area (Å²) in [5, 5.41) is 5.52. The highest BCUT2D eigenvalue weighted by atomic mass is 79.9. The van der Waals surface area contributed by atoms with Crippen LogP contribution in [0.4, 0.5) is 4.79 Å². The summed E-state index contributed by atoms with van der Waals surface area (Å²) in [5.41, 5.74) is 3.31. The summed E-state index contributed by atoms with van der Waals surface area (Å²) in [6.07, 6.45) is 3.48. The van der Waals surface area contributed by atoms with Crippen molar-refractivity contribution in [1.29, 1.82) is 0 Å². The van der Waals surface area contributed by atoms with Crippen LogP contribution in [-0.4, -0.2) is 6.03 Å². The first-order valence-corrected chi connectivity index (χ1v) is 7.45. The van der Waals surface area contributed by atoms with Gasteiger partial charge in [-0.1, -0.05) is 52.3 Å². The molecule has 0 saturated heterocycles. The third-order valence-corrected chi connectivity index (χ3v) is 3.59. The van der Waals surface area contributed by atoms with Crippen LogP contribution in [0.2, 0.25) is 0 Å². The summed E-state index contributed by atoms with van der Waals surface area (Å²) >= 11 is 3.38. The first-order chi connectivity index (χ1) is 10.1. The Kier molecular flexibility index (Phi) is 5.58. The normalized spacial score (nSPS) is 10.6. The molecule has 2 aromatic carbocycles. The second-order valence-electron chi connectivity index (χ2n) is 4.64. The fraction of sp³-hybridized carbons (Fsp3) is 0.118. The Hall–Kier alpha value is -2.07. The van der Waals surface area contributed by atoms with Gasteiger partial charge in [0.2, 0.25) is 0 Å². The maximum Gasteiger partial charge on any atom is 0.319 e. The molecule has 0 saturated carbocycles. The molecule has 0 aliphatic carbocycles. The van der Waals surface area contributed by atoms with Crippen molar-refractivity contribution in [2.24, 2.45) is 0 Å². The molecule has 3 nitrogen and oxygen atoms in total. The van der Waals surface area contributed by atoms with Crippen LogP contribution in [0.5, 0.6) is 0 Å². The second kappa shape index (κ2) is 7.64. The van der Waals surface area contributed by atoms with Crippen molar-refractivity contribution in [2.75, 3.05) is 0 Å². The van der Waals surface area contributed by atoms with Gasteiger partial charge >= 0.3 is 6.03 Å². The van der Waals surface area contributed by atoms with Crippen molar-refractivity contribution in [1.82, 2.24) is 10.6 Å². The molecule has 2 aromatic rings. The average Bonchev–Trinajstić information content (AvgIpc) is 2.48. The van der Waals surface area contributed by atoms with Crippen molar-refractivity contribution in [3.05, 3.63) is 75.9 Å². The number of rotatable bonds is 4.